The lowest BCUT2D eigenvalue weighted by Gasteiger charge is -2.35. The number of rotatable bonds is 6. The zero-order valence-corrected chi connectivity index (χ0v) is 23.0. The number of benzene rings is 2. The highest BCUT2D eigenvalue weighted by Crippen LogP contribution is 2.25. The lowest BCUT2D eigenvalue weighted by atomic mass is 10.1. The largest absolute Gasteiger partial charge is 0.372 e. The van der Waals surface area contributed by atoms with E-state index in [0.29, 0.717) is 22.4 Å². The number of anilines is 2. The molecule has 1 aromatic heterocycles. The van der Waals surface area contributed by atoms with E-state index in [1.807, 2.05) is 39.1 Å². The molecular weight excluding hydrogens is 495 g/mol. The van der Waals surface area contributed by atoms with Gasteiger partial charge in [-0.1, -0.05) is 50.0 Å². The maximum Gasteiger partial charge on any atom is 0.204 e. The van der Waals surface area contributed by atoms with Crippen molar-refractivity contribution in [3.8, 4) is 11.4 Å². The maximum atomic E-state index is 8.58. The summed E-state index contributed by atoms with van der Waals surface area (Å²) >= 11 is 12.3. The molecule has 36 heavy (non-hydrogen) atoms. The molecule has 1 saturated heterocycles. The van der Waals surface area contributed by atoms with E-state index in [-0.39, 0.29) is 6.41 Å². The summed E-state index contributed by atoms with van der Waals surface area (Å²) in [7, 11) is 0. The molecule has 1 fully saturated rings. The zero-order chi connectivity index (χ0) is 26.5. The first-order valence-corrected chi connectivity index (χ1v) is 12.9. The second-order valence-electron chi connectivity index (χ2n) is 7.92. The summed E-state index contributed by atoms with van der Waals surface area (Å²) in [5, 5.41) is 4.65. The number of nitrogens with one attached hydrogen (secondary N) is 1. The average molecular weight is 532 g/mol. The van der Waals surface area contributed by atoms with E-state index in [9.17, 15) is 0 Å². The molecular formula is C27H36Cl2N6O. The third-order valence-electron chi connectivity index (χ3n) is 5.74. The fourth-order valence-electron chi connectivity index (χ4n) is 3.75. The van der Waals surface area contributed by atoms with E-state index in [0.717, 1.165) is 55.2 Å². The quantitative estimate of drug-likeness (QED) is 0.401. The molecule has 0 atom stereocenters. The van der Waals surface area contributed by atoms with Crippen molar-refractivity contribution in [3.63, 3.8) is 0 Å². The molecule has 194 valence electrons. The highest BCUT2D eigenvalue weighted by atomic mass is 35.5. The summed E-state index contributed by atoms with van der Waals surface area (Å²) in [6.45, 7) is 14.3. The van der Waals surface area contributed by atoms with Gasteiger partial charge in [0.15, 0.2) is 5.82 Å². The predicted molar refractivity (Wildman–Crippen MR) is 152 cm³/mol. The number of aryl methyl sites for hydroxylation is 1. The van der Waals surface area contributed by atoms with E-state index >= 15 is 0 Å². The summed E-state index contributed by atoms with van der Waals surface area (Å²) in [6, 6.07) is 14.1. The number of likely N-dealkylation sites (N-methyl/N-ethyl adjacent to an activating group) is 1. The Hall–Kier alpha value is -2.87. The van der Waals surface area contributed by atoms with E-state index in [1.165, 1.54) is 5.69 Å². The number of nitrogens with zero attached hydrogens (tertiary/aromatic N) is 4. The number of amides is 1. The van der Waals surface area contributed by atoms with E-state index in [1.54, 1.807) is 6.07 Å². The monoisotopic (exact) mass is 530 g/mol. The molecule has 3 aromatic rings. The van der Waals surface area contributed by atoms with Crippen molar-refractivity contribution in [2.24, 2.45) is 5.73 Å². The molecule has 0 unspecified atom stereocenters. The summed E-state index contributed by atoms with van der Waals surface area (Å²) in [5.41, 5.74) is 8.38. The van der Waals surface area contributed by atoms with Crippen LogP contribution in [-0.4, -0.2) is 54.0 Å². The van der Waals surface area contributed by atoms with Gasteiger partial charge in [-0.2, -0.15) is 0 Å². The first-order chi connectivity index (χ1) is 17.4. The van der Waals surface area contributed by atoms with Crippen molar-refractivity contribution >= 4 is 41.1 Å². The zero-order valence-electron chi connectivity index (χ0n) is 21.5. The van der Waals surface area contributed by atoms with Gasteiger partial charge in [0.25, 0.3) is 0 Å². The van der Waals surface area contributed by atoms with Crippen molar-refractivity contribution in [1.29, 1.82) is 0 Å². The minimum absolute atomic E-state index is 0.250. The predicted octanol–water partition coefficient (Wildman–Crippen LogP) is 5.64. The molecule has 2 aromatic carbocycles. The van der Waals surface area contributed by atoms with Gasteiger partial charge in [0.1, 0.15) is 5.82 Å². The lowest BCUT2D eigenvalue weighted by molar-refractivity contribution is -0.106. The Bertz CT molecular complexity index is 1090. The molecule has 1 aliphatic rings. The van der Waals surface area contributed by atoms with Gasteiger partial charge < -0.3 is 20.9 Å². The van der Waals surface area contributed by atoms with Crippen LogP contribution < -0.4 is 16.0 Å². The van der Waals surface area contributed by atoms with Crippen LogP contribution in [0.15, 0.2) is 48.7 Å². The van der Waals surface area contributed by atoms with Crippen LogP contribution in [0.3, 0.4) is 0 Å². The number of halogens is 2. The summed E-state index contributed by atoms with van der Waals surface area (Å²) in [5.74, 6) is 1.51. The molecule has 9 heteroatoms. The van der Waals surface area contributed by atoms with Gasteiger partial charge in [0, 0.05) is 65.8 Å². The molecule has 1 amide bonds. The summed E-state index contributed by atoms with van der Waals surface area (Å²) < 4.78 is 0. The molecule has 2 heterocycles. The first-order valence-electron chi connectivity index (χ1n) is 12.2. The van der Waals surface area contributed by atoms with Gasteiger partial charge in [-0.15, -0.1) is 0 Å². The molecule has 1 aliphatic heterocycles. The van der Waals surface area contributed by atoms with Crippen LogP contribution in [0.4, 0.5) is 11.5 Å². The smallest absolute Gasteiger partial charge is 0.204 e. The Morgan fingerprint density at radius 2 is 1.69 bits per heavy atom. The third kappa shape index (κ3) is 8.36. The number of primary amides is 1. The molecule has 0 bridgehead atoms. The van der Waals surface area contributed by atoms with Crippen LogP contribution >= 0.6 is 23.2 Å². The second-order valence-corrected chi connectivity index (χ2v) is 8.76. The van der Waals surface area contributed by atoms with Crippen LogP contribution in [0.25, 0.3) is 11.4 Å². The SMILES string of the molecule is CC.CCN1CCN(c2ccc(-c3ncc(C)c(NCc4ccc(Cl)cc4Cl)n3)cc2)CC1.NC=O. The summed E-state index contributed by atoms with van der Waals surface area (Å²) in [6.07, 6.45) is 2.10. The fourth-order valence-corrected chi connectivity index (χ4v) is 4.22. The van der Waals surface area contributed by atoms with Gasteiger partial charge in [-0.05, 0) is 55.4 Å². The fraction of sp³-hybridized carbons (Fsp3) is 0.370. The van der Waals surface area contributed by atoms with Gasteiger partial charge >= 0.3 is 0 Å². The van der Waals surface area contributed by atoms with Crippen molar-refractivity contribution in [1.82, 2.24) is 14.9 Å². The van der Waals surface area contributed by atoms with E-state index in [2.05, 4.69) is 57.0 Å². The normalized spacial score (nSPS) is 13.1. The number of nitrogens with two attached hydrogens (primary N) is 1. The highest BCUT2D eigenvalue weighted by molar-refractivity contribution is 6.35. The third-order valence-corrected chi connectivity index (χ3v) is 6.33. The van der Waals surface area contributed by atoms with Crippen LogP contribution in [0.2, 0.25) is 10.0 Å². The maximum absolute atomic E-state index is 8.58. The molecule has 3 N–H and O–H groups in total. The van der Waals surface area contributed by atoms with Crippen molar-refractivity contribution in [3.05, 3.63) is 69.8 Å². The minimum atomic E-state index is 0.250. The van der Waals surface area contributed by atoms with Crippen LogP contribution in [0.1, 0.15) is 31.9 Å². The first kappa shape index (κ1) is 29.4. The number of carbonyl (C=O) groups is 1. The van der Waals surface area contributed by atoms with Crippen molar-refractivity contribution in [2.75, 3.05) is 42.9 Å². The van der Waals surface area contributed by atoms with Gasteiger partial charge in [-0.3, -0.25) is 4.79 Å². The van der Waals surface area contributed by atoms with Gasteiger partial charge in [0.2, 0.25) is 6.41 Å². The molecule has 4 rings (SSSR count). The Labute approximate surface area is 224 Å². The molecule has 0 saturated carbocycles. The second kappa shape index (κ2) is 15.3. The van der Waals surface area contributed by atoms with Crippen LogP contribution in [0, 0.1) is 6.92 Å². The number of carbonyl (C=O) groups excluding carboxylic acids is 1. The Morgan fingerprint density at radius 1 is 1.06 bits per heavy atom. The highest BCUT2D eigenvalue weighted by Gasteiger charge is 2.16. The molecule has 0 radical (unpaired) electrons. The van der Waals surface area contributed by atoms with Crippen molar-refractivity contribution < 1.29 is 4.79 Å². The van der Waals surface area contributed by atoms with Crippen molar-refractivity contribution in [2.45, 2.75) is 34.2 Å². The number of hydrogen-bond acceptors (Lipinski definition) is 6. The number of aromatic nitrogens is 2. The topological polar surface area (TPSA) is 87.4 Å². The summed E-state index contributed by atoms with van der Waals surface area (Å²) in [4.78, 5) is 22.8. The molecule has 0 spiro atoms. The van der Waals surface area contributed by atoms with E-state index in [4.69, 9.17) is 33.0 Å². The number of hydrogen-bond donors (Lipinski definition) is 2. The van der Waals surface area contributed by atoms with Crippen LogP contribution in [0.5, 0.6) is 0 Å². The van der Waals surface area contributed by atoms with Gasteiger partial charge in [0.05, 0.1) is 0 Å². The average Bonchev–Trinajstić information content (AvgIpc) is 2.91. The molecule has 0 aliphatic carbocycles. The van der Waals surface area contributed by atoms with E-state index < -0.39 is 0 Å². The number of piperazine rings is 1. The van der Waals surface area contributed by atoms with Gasteiger partial charge in [-0.25, -0.2) is 9.97 Å². The van der Waals surface area contributed by atoms with Crippen LogP contribution in [-0.2, 0) is 11.3 Å². The Balaban J connectivity index is 0.000000850. The lowest BCUT2D eigenvalue weighted by Crippen LogP contribution is -2.46. The minimum Gasteiger partial charge on any atom is -0.372 e. The standard InChI is InChI=1S/C24H27Cl2N5.C2H6.CH3NO/c1-3-30-10-12-31(13-11-30)21-8-5-18(6-9-21)24-27-15-17(2)23(29-24)28-16-19-4-7-20(25)14-22(19)26;1-2;2-1-3/h4-9,14-15H,3,10-13,16H2,1-2H3,(H,27,28,29);1-2H3;1H,(H2,2,3). The Morgan fingerprint density at radius 3 is 2.28 bits per heavy atom. The molecule has 7 nitrogen and oxygen atoms in total. The Kier molecular flexibility index (Phi) is 12.5.